The summed E-state index contributed by atoms with van der Waals surface area (Å²) >= 11 is 0. The van der Waals surface area contributed by atoms with Gasteiger partial charge in [0.25, 0.3) is 0 Å². The molecule has 1 heterocycles. The Morgan fingerprint density at radius 2 is 2.14 bits per heavy atom. The van der Waals surface area contributed by atoms with E-state index in [1.54, 1.807) is 5.43 Å². The molecule has 6 nitrogen and oxygen atoms in total. The van der Waals surface area contributed by atoms with Crippen LogP contribution in [0.25, 0.3) is 0 Å². The lowest BCUT2D eigenvalue weighted by atomic mass is 10.1. The van der Waals surface area contributed by atoms with E-state index in [0.717, 1.165) is 25.9 Å². The summed E-state index contributed by atoms with van der Waals surface area (Å²) in [6, 6.07) is 0. The standard InChI is InChI=1S/C8H15N3O3/c9-11-8(13)7(12)10-5-6-3-1-2-4-14-6/h6H,1-5,9H2,(H,10,12)(H,11,13). The van der Waals surface area contributed by atoms with Gasteiger partial charge in [0.05, 0.1) is 6.10 Å². The summed E-state index contributed by atoms with van der Waals surface area (Å²) in [5.41, 5.74) is 1.76. The Morgan fingerprint density at radius 1 is 1.36 bits per heavy atom. The van der Waals surface area contributed by atoms with Crippen LogP contribution < -0.4 is 16.6 Å². The molecule has 0 saturated carbocycles. The molecule has 2 amide bonds. The third-order valence-corrected chi connectivity index (χ3v) is 2.10. The lowest BCUT2D eigenvalue weighted by Gasteiger charge is -2.22. The summed E-state index contributed by atoms with van der Waals surface area (Å²) in [5.74, 6) is 3.24. The van der Waals surface area contributed by atoms with E-state index in [1.807, 2.05) is 0 Å². The molecule has 1 unspecified atom stereocenters. The lowest BCUT2D eigenvalue weighted by Crippen LogP contribution is -2.45. The number of nitrogens with one attached hydrogen (secondary N) is 2. The first-order valence-electron chi connectivity index (χ1n) is 4.64. The molecule has 0 aromatic rings. The fourth-order valence-corrected chi connectivity index (χ4v) is 1.32. The van der Waals surface area contributed by atoms with Gasteiger partial charge in [0.15, 0.2) is 0 Å². The maximum Gasteiger partial charge on any atom is 0.323 e. The molecule has 0 radical (unpaired) electrons. The maximum absolute atomic E-state index is 11.0. The number of rotatable bonds is 2. The molecule has 0 bridgehead atoms. The molecule has 1 aliphatic heterocycles. The molecule has 1 atom stereocenters. The smallest absolute Gasteiger partial charge is 0.323 e. The van der Waals surface area contributed by atoms with E-state index in [0.29, 0.717) is 6.54 Å². The molecule has 6 heteroatoms. The minimum atomic E-state index is -0.833. The van der Waals surface area contributed by atoms with Crippen molar-refractivity contribution in [3.8, 4) is 0 Å². The molecule has 0 aromatic carbocycles. The minimum Gasteiger partial charge on any atom is -0.376 e. The molecule has 1 aliphatic rings. The predicted molar refractivity (Wildman–Crippen MR) is 48.9 cm³/mol. The van der Waals surface area contributed by atoms with Crippen molar-refractivity contribution in [3.63, 3.8) is 0 Å². The van der Waals surface area contributed by atoms with Gasteiger partial charge in [0.1, 0.15) is 0 Å². The van der Waals surface area contributed by atoms with Crippen molar-refractivity contribution in [2.75, 3.05) is 13.2 Å². The van der Waals surface area contributed by atoms with Crippen LogP contribution in [0.1, 0.15) is 19.3 Å². The summed E-state index contributed by atoms with van der Waals surface area (Å²) in [6.45, 7) is 1.09. The fourth-order valence-electron chi connectivity index (χ4n) is 1.32. The van der Waals surface area contributed by atoms with Crippen molar-refractivity contribution >= 4 is 11.8 Å². The third kappa shape index (κ3) is 3.31. The quantitative estimate of drug-likeness (QED) is 0.223. The number of nitrogens with two attached hydrogens (primary N) is 1. The minimum absolute atomic E-state index is 0.0262. The SMILES string of the molecule is NNC(=O)C(=O)NCC1CCCCO1. The lowest BCUT2D eigenvalue weighted by molar-refractivity contribution is -0.139. The molecule has 80 valence electrons. The van der Waals surface area contributed by atoms with E-state index >= 15 is 0 Å². The summed E-state index contributed by atoms with van der Waals surface area (Å²) in [7, 11) is 0. The highest BCUT2D eigenvalue weighted by atomic mass is 16.5. The van der Waals surface area contributed by atoms with Crippen molar-refractivity contribution in [3.05, 3.63) is 0 Å². The van der Waals surface area contributed by atoms with E-state index in [2.05, 4.69) is 5.32 Å². The average Bonchev–Trinajstić information content (AvgIpc) is 2.26. The number of hydrogen-bond acceptors (Lipinski definition) is 4. The van der Waals surface area contributed by atoms with E-state index in [1.165, 1.54) is 0 Å². The number of amides is 2. The number of carbonyl (C=O) groups excluding carboxylic acids is 2. The predicted octanol–water partition coefficient (Wildman–Crippen LogP) is -1.34. The highest BCUT2D eigenvalue weighted by molar-refractivity contribution is 6.34. The summed E-state index contributed by atoms with van der Waals surface area (Å²) in [6.07, 6.45) is 3.11. The van der Waals surface area contributed by atoms with Crippen molar-refractivity contribution in [2.24, 2.45) is 5.84 Å². The Kier molecular flexibility index (Phi) is 4.34. The number of hydrazine groups is 1. The van der Waals surface area contributed by atoms with E-state index in [-0.39, 0.29) is 6.10 Å². The second-order valence-electron chi connectivity index (χ2n) is 3.17. The molecule has 14 heavy (non-hydrogen) atoms. The second kappa shape index (κ2) is 5.56. The van der Waals surface area contributed by atoms with Gasteiger partial charge in [-0.2, -0.15) is 0 Å². The molecule has 1 fully saturated rings. The van der Waals surface area contributed by atoms with Crippen LogP contribution in [-0.2, 0) is 14.3 Å². The zero-order chi connectivity index (χ0) is 10.4. The monoisotopic (exact) mass is 201 g/mol. The van der Waals surface area contributed by atoms with Crippen molar-refractivity contribution in [2.45, 2.75) is 25.4 Å². The number of ether oxygens (including phenoxy) is 1. The van der Waals surface area contributed by atoms with Gasteiger partial charge in [-0.05, 0) is 19.3 Å². The third-order valence-electron chi connectivity index (χ3n) is 2.10. The van der Waals surface area contributed by atoms with Crippen LogP contribution in [0.2, 0.25) is 0 Å². The molecular formula is C8H15N3O3. The maximum atomic E-state index is 11.0. The Labute approximate surface area is 82.1 Å². The van der Waals surface area contributed by atoms with Crippen LogP contribution in [0.5, 0.6) is 0 Å². The summed E-state index contributed by atoms with van der Waals surface area (Å²) < 4.78 is 5.36. The largest absolute Gasteiger partial charge is 0.376 e. The van der Waals surface area contributed by atoms with Crippen molar-refractivity contribution in [1.29, 1.82) is 0 Å². The summed E-state index contributed by atoms with van der Waals surface area (Å²) in [4.78, 5) is 21.7. The molecule has 0 aromatic heterocycles. The van der Waals surface area contributed by atoms with E-state index in [4.69, 9.17) is 10.6 Å². The van der Waals surface area contributed by atoms with Gasteiger partial charge < -0.3 is 10.1 Å². The van der Waals surface area contributed by atoms with Crippen LogP contribution in [0.4, 0.5) is 0 Å². The summed E-state index contributed by atoms with van der Waals surface area (Å²) in [5, 5.41) is 2.45. The van der Waals surface area contributed by atoms with Gasteiger partial charge in [-0.15, -0.1) is 0 Å². The topological polar surface area (TPSA) is 93.5 Å². The number of carbonyl (C=O) groups is 2. The van der Waals surface area contributed by atoms with Crippen molar-refractivity contribution < 1.29 is 14.3 Å². The Bertz CT molecular complexity index is 214. The van der Waals surface area contributed by atoms with E-state index < -0.39 is 11.8 Å². The molecular weight excluding hydrogens is 186 g/mol. The Morgan fingerprint density at radius 3 is 2.71 bits per heavy atom. The van der Waals surface area contributed by atoms with Crippen LogP contribution in [-0.4, -0.2) is 31.1 Å². The highest BCUT2D eigenvalue weighted by Gasteiger charge is 2.17. The zero-order valence-electron chi connectivity index (χ0n) is 7.91. The Hall–Kier alpha value is -1.14. The van der Waals surface area contributed by atoms with Crippen LogP contribution >= 0.6 is 0 Å². The molecule has 0 aliphatic carbocycles. The first-order chi connectivity index (χ1) is 6.74. The molecule has 4 N–H and O–H groups in total. The van der Waals surface area contributed by atoms with E-state index in [9.17, 15) is 9.59 Å². The first-order valence-corrected chi connectivity index (χ1v) is 4.64. The highest BCUT2D eigenvalue weighted by Crippen LogP contribution is 2.11. The van der Waals surface area contributed by atoms with Gasteiger partial charge >= 0.3 is 11.8 Å². The molecule has 1 saturated heterocycles. The van der Waals surface area contributed by atoms with Crippen LogP contribution in [0, 0.1) is 0 Å². The number of hydrogen-bond donors (Lipinski definition) is 3. The van der Waals surface area contributed by atoms with Gasteiger partial charge in [-0.25, -0.2) is 5.84 Å². The fraction of sp³-hybridized carbons (Fsp3) is 0.750. The van der Waals surface area contributed by atoms with Crippen molar-refractivity contribution in [1.82, 2.24) is 10.7 Å². The van der Waals surface area contributed by atoms with Crippen LogP contribution in [0.15, 0.2) is 0 Å². The normalized spacial score (nSPS) is 21.4. The molecule has 1 rings (SSSR count). The van der Waals surface area contributed by atoms with Gasteiger partial charge in [0.2, 0.25) is 0 Å². The second-order valence-corrected chi connectivity index (χ2v) is 3.17. The molecule has 0 spiro atoms. The van der Waals surface area contributed by atoms with Crippen LogP contribution in [0.3, 0.4) is 0 Å². The Balaban J connectivity index is 2.18. The zero-order valence-corrected chi connectivity index (χ0v) is 7.91. The average molecular weight is 201 g/mol. The van der Waals surface area contributed by atoms with Gasteiger partial charge in [-0.3, -0.25) is 15.0 Å². The van der Waals surface area contributed by atoms with Gasteiger partial charge in [0, 0.05) is 13.2 Å². The van der Waals surface area contributed by atoms with Gasteiger partial charge in [-0.1, -0.05) is 0 Å². The first kappa shape index (κ1) is 10.9.